The van der Waals surface area contributed by atoms with Gasteiger partial charge >= 0.3 is 11.8 Å². The van der Waals surface area contributed by atoms with E-state index in [1.54, 1.807) is 0 Å². The number of hydrogen-bond donors (Lipinski definition) is 2. The number of thiophene rings is 1. The summed E-state index contributed by atoms with van der Waals surface area (Å²) >= 11 is 1.49. The van der Waals surface area contributed by atoms with Crippen molar-refractivity contribution in [1.82, 2.24) is 5.32 Å². The molecule has 122 valence electrons. The minimum atomic E-state index is -1.11. The molecule has 1 aromatic heterocycles. The summed E-state index contributed by atoms with van der Waals surface area (Å²) in [5.74, 6) is -4.02. The van der Waals surface area contributed by atoms with Gasteiger partial charge in [-0.1, -0.05) is 0 Å². The van der Waals surface area contributed by atoms with Crippen molar-refractivity contribution in [3.8, 4) is 0 Å². The largest absolute Gasteiger partial charge is 0.375 e. The number of carbonyl (C=O) groups excluding carboxylic acids is 2. The average Bonchev–Trinajstić information content (AvgIpc) is 3.05. The first-order valence-electron chi connectivity index (χ1n) is 6.60. The molecule has 1 heterocycles. The molecule has 0 spiro atoms. The van der Waals surface area contributed by atoms with E-state index in [-0.39, 0.29) is 18.3 Å². The lowest BCUT2D eigenvalue weighted by atomic mass is 10.2. The van der Waals surface area contributed by atoms with Crippen molar-refractivity contribution in [1.29, 1.82) is 0 Å². The van der Waals surface area contributed by atoms with Crippen LogP contribution >= 0.6 is 11.3 Å². The fraction of sp³-hybridized carbons (Fsp3) is 0.200. The van der Waals surface area contributed by atoms with E-state index in [1.807, 2.05) is 16.8 Å². The number of benzene rings is 1. The fourth-order valence-electron chi connectivity index (χ4n) is 1.82. The lowest BCUT2D eigenvalue weighted by Crippen LogP contribution is -2.37. The molecule has 2 rings (SSSR count). The van der Waals surface area contributed by atoms with E-state index in [0.29, 0.717) is 0 Å². The molecule has 0 radical (unpaired) electrons. The topological polar surface area (TPSA) is 67.4 Å². The second-order valence-electron chi connectivity index (χ2n) is 4.57. The van der Waals surface area contributed by atoms with Crippen molar-refractivity contribution >= 4 is 28.8 Å². The Bertz CT molecular complexity index is 692. The van der Waals surface area contributed by atoms with Crippen LogP contribution < -0.4 is 10.6 Å². The predicted molar refractivity (Wildman–Crippen MR) is 82.1 cm³/mol. The van der Waals surface area contributed by atoms with Gasteiger partial charge in [-0.25, -0.2) is 8.78 Å². The third-order valence-corrected chi connectivity index (χ3v) is 3.73. The summed E-state index contributed by atoms with van der Waals surface area (Å²) in [7, 11) is 1.50. The number of halogens is 2. The number of rotatable bonds is 5. The number of methoxy groups -OCH3 is 1. The highest BCUT2D eigenvalue weighted by Gasteiger charge is 2.18. The van der Waals surface area contributed by atoms with Gasteiger partial charge in [0.05, 0.1) is 0 Å². The van der Waals surface area contributed by atoms with Crippen molar-refractivity contribution < 1.29 is 23.1 Å². The highest BCUT2D eigenvalue weighted by molar-refractivity contribution is 7.07. The molecule has 0 bridgehead atoms. The zero-order chi connectivity index (χ0) is 16.8. The van der Waals surface area contributed by atoms with Gasteiger partial charge in [0.2, 0.25) is 0 Å². The molecule has 23 heavy (non-hydrogen) atoms. The van der Waals surface area contributed by atoms with Crippen molar-refractivity contribution in [2.24, 2.45) is 0 Å². The van der Waals surface area contributed by atoms with Crippen LogP contribution in [0.1, 0.15) is 11.7 Å². The Labute approximate surface area is 135 Å². The number of hydrogen-bond acceptors (Lipinski definition) is 4. The molecule has 8 heteroatoms. The molecule has 2 N–H and O–H groups in total. The normalized spacial score (nSPS) is 11.8. The van der Waals surface area contributed by atoms with Crippen LogP contribution in [0.15, 0.2) is 35.0 Å². The Kier molecular flexibility index (Phi) is 5.78. The van der Waals surface area contributed by atoms with Crippen LogP contribution in [-0.2, 0) is 14.3 Å². The molecule has 0 aliphatic rings. The van der Waals surface area contributed by atoms with Crippen LogP contribution in [0.25, 0.3) is 0 Å². The first kappa shape index (κ1) is 17.0. The van der Waals surface area contributed by atoms with Gasteiger partial charge in [-0.15, -0.1) is 0 Å². The van der Waals surface area contributed by atoms with Crippen LogP contribution in [0, 0.1) is 11.6 Å². The summed E-state index contributed by atoms with van der Waals surface area (Å²) in [6.07, 6.45) is -0.374. The van der Waals surface area contributed by atoms with Crippen LogP contribution in [0.5, 0.6) is 0 Å². The Morgan fingerprint density at radius 2 is 2.00 bits per heavy atom. The number of amides is 2. The molecule has 0 aliphatic heterocycles. The van der Waals surface area contributed by atoms with Gasteiger partial charge in [0.25, 0.3) is 0 Å². The second-order valence-corrected chi connectivity index (χ2v) is 5.35. The molecule has 0 saturated heterocycles. The molecule has 5 nitrogen and oxygen atoms in total. The van der Waals surface area contributed by atoms with Crippen molar-refractivity contribution in [2.75, 3.05) is 19.0 Å². The van der Waals surface area contributed by atoms with Crippen molar-refractivity contribution in [2.45, 2.75) is 6.10 Å². The van der Waals surface area contributed by atoms with Gasteiger partial charge in [-0.2, -0.15) is 11.3 Å². The standard InChI is InChI=1S/C15H14F2N2O3S/c1-22-13(9-4-5-23-8-9)7-18-14(20)15(21)19-10-2-3-11(16)12(17)6-10/h2-6,8,13H,7H2,1H3,(H,18,20)(H,19,21)/t13-/m1/s1. The predicted octanol–water partition coefficient (Wildman–Crippen LogP) is 2.47. The SMILES string of the molecule is CO[C@H](CNC(=O)C(=O)Nc1ccc(F)c(F)c1)c1ccsc1. The first-order chi connectivity index (χ1) is 11.0. The van der Waals surface area contributed by atoms with Gasteiger partial charge in [-0.05, 0) is 34.5 Å². The summed E-state index contributed by atoms with van der Waals surface area (Å²) in [5.41, 5.74) is 0.879. The average molecular weight is 340 g/mol. The molecule has 0 fully saturated rings. The molecule has 0 aliphatic carbocycles. The van der Waals surface area contributed by atoms with E-state index < -0.39 is 23.4 Å². The number of anilines is 1. The number of carbonyl (C=O) groups is 2. The van der Waals surface area contributed by atoms with Gasteiger partial charge < -0.3 is 15.4 Å². The third kappa shape index (κ3) is 4.57. The maximum absolute atomic E-state index is 13.0. The maximum atomic E-state index is 13.0. The number of ether oxygens (including phenoxy) is 1. The Morgan fingerprint density at radius 1 is 1.22 bits per heavy atom. The van der Waals surface area contributed by atoms with E-state index in [4.69, 9.17) is 4.74 Å². The van der Waals surface area contributed by atoms with E-state index in [1.165, 1.54) is 18.4 Å². The van der Waals surface area contributed by atoms with Gasteiger partial charge in [-0.3, -0.25) is 9.59 Å². The Hall–Kier alpha value is -2.32. The van der Waals surface area contributed by atoms with Crippen LogP contribution in [0.4, 0.5) is 14.5 Å². The van der Waals surface area contributed by atoms with Crippen LogP contribution in [-0.4, -0.2) is 25.5 Å². The fourth-order valence-corrected chi connectivity index (χ4v) is 2.52. The van der Waals surface area contributed by atoms with Crippen molar-refractivity contribution in [3.05, 3.63) is 52.2 Å². The van der Waals surface area contributed by atoms with E-state index in [9.17, 15) is 18.4 Å². The summed E-state index contributed by atoms with van der Waals surface area (Å²) in [5, 5.41) is 8.37. The highest BCUT2D eigenvalue weighted by atomic mass is 32.1. The maximum Gasteiger partial charge on any atom is 0.313 e. The molecule has 1 aromatic carbocycles. The molecule has 2 amide bonds. The lowest BCUT2D eigenvalue weighted by Gasteiger charge is -2.14. The smallest absolute Gasteiger partial charge is 0.313 e. The zero-order valence-electron chi connectivity index (χ0n) is 12.1. The van der Waals surface area contributed by atoms with Gasteiger partial charge in [0.1, 0.15) is 6.10 Å². The molecule has 2 aromatic rings. The summed E-state index contributed by atoms with van der Waals surface area (Å²) in [4.78, 5) is 23.5. The summed E-state index contributed by atoms with van der Waals surface area (Å²) < 4.78 is 31.1. The molecular formula is C15H14F2N2O3S. The Morgan fingerprint density at radius 3 is 2.61 bits per heavy atom. The van der Waals surface area contributed by atoms with Crippen LogP contribution in [0.2, 0.25) is 0 Å². The molecule has 0 saturated carbocycles. The van der Waals surface area contributed by atoms with E-state index >= 15 is 0 Å². The van der Waals surface area contributed by atoms with Crippen LogP contribution in [0.3, 0.4) is 0 Å². The quantitative estimate of drug-likeness (QED) is 0.822. The van der Waals surface area contributed by atoms with E-state index in [0.717, 1.165) is 23.8 Å². The zero-order valence-corrected chi connectivity index (χ0v) is 13.0. The third-order valence-electron chi connectivity index (χ3n) is 3.03. The second kappa shape index (κ2) is 7.80. The van der Waals surface area contributed by atoms with Gasteiger partial charge in [0, 0.05) is 25.4 Å². The number of nitrogens with one attached hydrogen (secondary N) is 2. The monoisotopic (exact) mass is 340 g/mol. The van der Waals surface area contributed by atoms with E-state index in [2.05, 4.69) is 10.6 Å². The van der Waals surface area contributed by atoms with Crippen molar-refractivity contribution in [3.63, 3.8) is 0 Å². The molecular weight excluding hydrogens is 326 g/mol. The summed E-state index contributed by atoms with van der Waals surface area (Å²) in [6.45, 7) is 0.108. The lowest BCUT2D eigenvalue weighted by molar-refractivity contribution is -0.136. The minimum Gasteiger partial charge on any atom is -0.375 e. The van der Waals surface area contributed by atoms with Gasteiger partial charge in [0.15, 0.2) is 11.6 Å². The molecule has 0 unspecified atom stereocenters. The first-order valence-corrected chi connectivity index (χ1v) is 7.54. The summed E-state index contributed by atoms with van der Waals surface area (Å²) in [6, 6.07) is 4.67. The highest BCUT2D eigenvalue weighted by Crippen LogP contribution is 2.18. The molecule has 1 atom stereocenters. The minimum absolute atomic E-state index is 0.00910. The Balaban J connectivity index is 1.89.